The maximum Gasteiger partial charge on any atom is 0.306 e. The summed E-state index contributed by atoms with van der Waals surface area (Å²) in [6.07, 6.45) is 94.3. The second kappa shape index (κ2) is 66.1. The summed E-state index contributed by atoms with van der Waals surface area (Å²) in [5.74, 6) is -0.560. The maximum absolute atomic E-state index is 13.6. The average molecular weight is 1240 g/mol. The number of phosphoric ester groups is 1. The van der Waals surface area contributed by atoms with Crippen molar-refractivity contribution in [1.29, 1.82) is 0 Å². The van der Waals surface area contributed by atoms with Crippen LogP contribution in [0.4, 0.5) is 0 Å². The highest BCUT2D eigenvalue weighted by Crippen LogP contribution is 2.38. The molecule has 9 nitrogen and oxygen atoms in total. The number of nitrogens with zero attached hydrogens (tertiary/aromatic N) is 1. The van der Waals surface area contributed by atoms with Crippen LogP contribution in [0.1, 0.15) is 297 Å². The van der Waals surface area contributed by atoms with Gasteiger partial charge in [0.15, 0.2) is 0 Å². The predicted molar refractivity (Wildman–Crippen MR) is 380 cm³/mol. The Bertz CT molecular complexity index is 1970. The number of carbonyl (C=O) groups is 2. The molecule has 0 saturated heterocycles. The summed E-state index contributed by atoms with van der Waals surface area (Å²) in [5, 5.41) is 3.04. The number of nitrogens with one attached hydrogen (secondary N) is 1. The van der Waals surface area contributed by atoms with Crippen molar-refractivity contribution in [3.8, 4) is 0 Å². The first kappa shape index (κ1) is 84.2. The first-order valence-corrected chi connectivity index (χ1v) is 37.5. The van der Waals surface area contributed by atoms with Crippen molar-refractivity contribution in [2.75, 3.05) is 40.9 Å². The normalized spacial score (nSPS) is 14.3. The largest absolute Gasteiger partial charge is 0.756 e. The number of hydrogen-bond acceptors (Lipinski definition) is 7. The Hall–Kier alpha value is -3.85. The lowest BCUT2D eigenvalue weighted by atomic mass is 10.0. The van der Waals surface area contributed by atoms with Crippen molar-refractivity contribution in [1.82, 2.24) is 5.32 Å². The van der Waals surface area contributed by atoms with E-state index in [-0.39, 0.29) is 24.9 Å². The third-order valence-corrected chi connectivity index (χ3v) is 16.3. The molecule has 1 N–H and O–H groups in total. The molecule has 0 rings (SSSR count). The van der Waals surface area contributed by atoms with E-state index in [0.29, 0.717) is 17.4 Å². The first-order chi connectivity index (χ1) is 42.9. The van der Waals surface area contributed by atoms with Gasteiger partial charge in [-0.25, -0.2) is 0 Å². The molecule has 0 saturated carbocycles. The van der Waals surface area contributed by atoms with Gasteiger partial charge in [0.2, 0.25) is 5.91 Å². The van der Waals surface area contributed by atoms with Crippen molar-refractivity contribution in [2.45, 2.75) is 309 Å². The number of rotatable bonds is 64. The van der Waals surface area contributed by atoms with Crippen molar-refractivity contribution >= 4 is 19.7 Å². The lowest BCUT2D eigenvalue weighted by molar-refractivity contribution is -0.870. The molecule has 3 unspecified atom stereocenters. The summed E-state index contributed by atoms with van der Waals surface area (Å²) in [4.78, 5) is 40.2. The number of amides is 1. The van der Waals surface area contributed by atoms with Crippen LogP contribution in [0.25, 0.3) is 0 Å². The number of unbranched alkanes of at least 4 members (excludes halogenated alkanes) is 28. The van der Waals surface area contributed by atoms with Gasteiger partial charge in [0.25, 0.3) is 7.82 Å². The molecule has 504 valence electrons. The quantitative estimate of drug-likeness (QED) is 0.0212. The van der Waals surface area contributed by atoms with Crippen molar-refractivity contribution in [3.63, 3.8) is 0 Å². The molecule has 0 aromatic rings. The van der Waals surface area contributed by atoms with Crippen molar-refractivity contribution in [3.05, 3.63) is 134 Å². The van der Waals surface area contributed by atoms with Gasteiger partial charge in [-0.2, -0.15) is 0 Å². The van der Waals surface area contributed by atoms with E-state index >= 15 is 0 Å². The molecular formula is C78H135N2O7P. The maximum atomic E-state index is 13.6. The van der Waals surface area contributed by atoms with E-state index in [4.69, 9.17) is 13.8 Å². The van der Waals surface area contributed by atoms with Gasteiger partial charge in [0.1, 0.15) is 19.3 Å². The summed E-state index contributed by atoms with van der Waals surface area (Å²) in [5.41, 5.74) is 0. The third-order valence-electron chi connectivity index (χ3n) is 15.3. The molecule has 0 aliphatic rings. The Kier molecular flexibility index (Phi) is 63.2. The Balaban J connectivity index is 5.09. The van der Waals surface area contributed by atoms with Crippen LogP contribution in [0.5, 0.6) is 0 Å². The molecule has 1 amide bonds. The molecule has 88 heavy (non-hydrogen) atoms. The van der Waals surface area contributed by atoms with Crippen LogP contribution in [0.3, 0.4) is 0 Å². The van der Waals surface area contributed by atoms with Crippen LogP contribution in [0, 0.1) is 0 Å². The predicted octanol–water partition coefficient (Wildman–Crippen LogP) is 22.5. The fraction of sp³-hybridized carbons (Fsp3) is 0.692. The third kappa shape index (κ3) is 66.6. The van der Waals surface area contributed by atoms with E-state index in [9.17, 15) is 19.0 Å². The Morgan fingerprint density at radius 1 is 0.409 bits per heavy atom. The highest BCUT2D eigenvalue weighted by atomic mass is 31.2. The Morgan fingerprint density at radius 3 is 1.09 bits per heavy atom. The van der Waals surface area contributed by atoms with Crippen LogP contribution in [-0.2, 0) is 27.9 Å². The van der Waals surface area contributed by atoms with E-state index in [2.05, 4.69) is 148 Å². The highest BCUT2D eigenvalue weighted by molar-refractivity contribution is 7.45. The summed E-state index contributed by atoms with van der Waals surface area (Å²) >= 11 is 0. The summed E-state index contributed by atoms with van der Waals surface area (Å²) in [7, 11) is 1.16. The number of phosphoric acid groups is 1. The van der Waals surface area contributed by atoms with Crippen molar-refractivity contribution < 1.29 is 37.3 Å². The first-order valence-electron chi connectivity index (χ1n) is 36.0. The SMILES string of the molecule is CC/C=C\C/C=C\C/C=C\C/C=C\C/C=C\CCCCCCCCCCCCCC(=O)OC(/C=C/CCCCCCCCCCCC)C(COP(=O)([O-])OCC[N+](C)(C)C)NC(=O)CCCCCCCCC/C=C\C/C=C\C/C=C\C/C=C\C/C=C\CC. The summed E-state index contributed by atoms with van der Waals surface area (Å²) in [6.45, 7) is 6.61. The second-order valence-electron chi connectivity index (χ2n) is 25.0. The van der Waals surface area contributed by atoms with Gasteiger partial charge in [0.05, 0.1) is 33.8 Å². The molecule has 0 aromatic heterocycles. The molecule has 0 aromatic carbocycles. The molecule has 0 radical (unpaired) electrons. The summed E-state index contributed by atoms with van der Waals surface area (Å²) in [6, 6.07) is -0.906. The van der Waals surface area contributed by atoms with Crippen LogP contribution in [-0.4, -0.2) is 69.4 Å². The zero-order chi connectivity index (χ0) is 64.2. The minimum Gasteiger partial charge on any atom is -0.756 e. The van der Waals surface area contributed by atoms with E-state index in [1.165, 1.54) is 116 Å². The van der Waals surface area contributed by atoms with Gasteiger partial charge >= 0.3 is 5.97 Å². The zero-order valence-electron chi connectivity index (χ0n) is 57.6. The number of hydrogen-bond donors (Lipinski definition) is 1. The molecule has 0 spiro atoms. The van der Waals surface area contributed by atoms with E-state index in [1.54, 1.807) is 0 Å². The number of quaternary nitrogens is 1. The molecule has 10 heteroatoms. The van der Waals surface area contributed by atoms with Crippen LogP contribution in [0.2, 0.25) is 0 Å². The van der Waals surface area contributed by atoms with Crippen LogP contribution >= 0.6 is 7.82 Å². The standard InChI is InChI=1S/C78H135N2O7P/c1-7-10-13-16-19-22-25-28-30-32-34-36-38-39-40-41-43-45-47-49-51-53-56-59-62-65-68-71-78(82)87-76(69-66-63-60-57-54-27-24-21-18-15-12-9-3)75(74-86-88(83,84)85-73-72-80(4,5)6)79-77(81)70-67-64-61-58-55-52-50-48-46-44-42-37-35-33-31-29-26-23-20-17-14-11-8-2/h10-11,13-14,19-20,22-23,28-31,34-37,39-40,44,46,66,69,75-76H,7-9,12,15-18,21,24-27,32-33,38,41-43,45,47-65,67-68,70-74H2,1-6H3,(H-,79,81,83,84)/b13-10-,14-11-,22-19-,23-20-,30-28-,31-29-,36-34-,37-35-,40-39-,46-44-,69-66+. The molecule has 0 aliphatic heterocycles. The second-order valence-corrected chi connectivity index (χ2v) is 26.4. The van der Waals surface area contributed by atoms with Crippen LogP contribution < -0.4 is 10.2 Å². The number of allylic oxidation sites excluding steroid dienone is 21. The smallest absolute Gasteiger partial charge is 0.306 e. The Labute approximate surface area is 543 Å². The van der Waals surface area contributed by atoms with Crippen LogP contribution in [0.15, 0.2) is 134 Å². The molecule has 0 fully saturated rings. The van der Waals surface area contributed by atoms with E-state index in [0.717, 1.165) is 148 Å². The minimum atomic E-state index is -4.72. The van der Waals surface area contributed by atoms with Gasteiger partial charge in [-0.1, -0.05) is 296 Å². The van der Waals surface area contributed by atoms with Gasteiger partial charge < -0.3 is 28.5 Å². The number of ether oxygens (including phenoxy) is 1. The molecular weight excluding hydrogens is 1110 g/mol. The number of likely N-dealkylation sites (N-methyl/N-ethyl adjacent to an activating group) is 1. The fourth-order valence-electron chi connectivity index (χ4n) is 9.87. The van der Waals surface area contributed by atoms with Gasteiger partial charge in [-0.15, -0.1) is 0 Å². The molecule has 0 heterocycles. The number of carbonyl (C=O) groups excluding carboxylic acids is 2. The average Bonchev–Trinajstić information content (AvgIpc) is 3.61. The topological polar surface area (TPSA) is 114 Å². The lowest BCUT2D eigenvalue weighted by Crippen LogP contribution is -2.47. The van der Waals surface area contributed by atoms with Gasteiger partial charge in [-0.3, -0.25) is 14.2 Å². The molecule has 0 bridgehead atoms. The fourth-order valence-corrected chi connectivity index (χ4v) is 10.6. The Morgan fingerprint density at radius 2 is 0.727 bits per heavy atom. The monoisotopic (exact) mass is 1240 g/mol. The zero-order valence-corrected chi connectivity index (χ0v) is 58.5. The molecule has 0 aliphatic carbocycles. The van der Waals surface area contributed by atoms with E-state index in [1.807, 2.05) is 33.3 Å². The van der Waals surface area contributed by atoms with E-state index < -0.39 is 26.6 Å². The number of esters is 1. The lowest BCUT2D eigenvalue weighted by Gasteiger charge is -2.30. The molecule has 3 atom stereocenters. The van der Waals surface area contributed by atoms with Gasteiger partial charge in [0, 0.05) is 12.8 Å². The highest BCUT2D eigenvalue weighted by Gasteiger charge is 2.27. The summed E-state index contributed by atoms with van der Waals surface area (Å²) < 4.78 is 30.5. The minimum absolute atomic E-state index is 0.0315. The van der Waals surface area contributed by atoms with Crippen molar-refractivity contribution in [2.24, 2.45) is 0 Å². The van der Waals surface area contributed by atoms with Gasteiger partial charge in [-0.05, 0) is 122 Å².